The average Bonchev–Trinajstić information content (AvgIpc) is 3.49. The molecule has 2 aliphatic heterocycles. The van der Waals surface area contributed by atoms with Crippen molar-refractivity contribution in [3.8, 4) is 28.7 Å². The van der Waals surface area contributed by atoms with Crippen LogP contribution in [0.25, 0.3) is 0 Å². The summed E-state index contributed by atoms with van der Waals surface area (Å²) in [6, 6.07) is 9.08. The number of benzene rings is 2. The lowest BCUT2D eigenvalue weighted by molar-refractivity contribution is -0.114. The van der Waals surface area contributed by atoms with Gasteiger partial charge < -0.3 is 28.5 Å². The Morgan fingerprint density at radius 3 is 2.66 bits per heavy atom. The van der Waals surface area contributed by atoms with Crippen LogP contribution in [-0.4, -0.2) is 52.1 Å². The molecule has 2 aliphatic rings. The van der Waals surface area contributed by atoms with Gasteiger partial charge in [-0.2, -0.15) is 5.10 Å². The summed E-state index contributed by atoms with van der Waals surface area (Å²) in [6.45, 7) is 0.0932. The number of nitrogens with zero attached hydrogens (tertiary/aromatic N) is 2. The highest BCUT2D eigenvalue weighted by Crippen LogP contribution is 2.49. The largest absolute Gasteiger partial charge is 0.497 e. The predicted molar refractivity (Wildman–Crippen MR) is 115 cm³/mol. The summed E-state index contributed by atoms with van der Waals surface area (Å²) in [6.07, 6.45) is 1.95. The van der Waals surface area contributed by atoms with E-state index in [0.717, 1.165) is 16.9 Å². The highest BCUT2D eigenvalue weighted by molar-refractivity contribution is 6.39. The Labute approximate surface area is 184 Å². The highest BCUT2D eigenvalue weighted by atomic mass is 16.7. The lowest BCUT2D eigenvalue weighted by Gasteiger charge is -2.15. The van der Waals surface area contributed by atoms with Crippen molar-refractivity contribution >= 4 is 17.8 Å². The van der Waals surface area contributed by atoms with E-state index in [1.54, 1.807) is 21.3 Å². The molecule has 0 aliphatic carbocycles. The molecule has 1 N–H and O–H groups in total. The number of hydrogen-bond donors (Lipinski definition) is 1. The second-order valence-electron chi connectivity index (χ2n) is 6.98. The molecule has 0 spiro atoms. The first-order valence-corrected chi connectivity index (χ1v) is 9.86. The molecular weight excluding hydrogens is 418 g/mol. The van der Waals surface area contributed by atoms with Crippen molar-refractivity contribution in [1.82, 2.24) is 5.43 Å². The zero-order valence-corrected chi connectivity index (χ0v) is 17.9. The number of ether oxygens (including phenoxy) is 5. The van der Waals surface area contributed by atoms with E-state index in [0.29, 0.717) is 35.8 Å². The first-order valence-electron chi connectivity index (χ1n) is 9.86. The number of nitrogens with one attached hydrogen (secondary N) is 1. The fourth-order valence-corrected chi connectivity index (χ4v) is 3.43. The van der Waals surface area contributed by atoms with Crippen molar-refractivity contribution < 1.29 is 33.3 Å². The van der Waals surface area contributed by atoms with Gasteiger partial charge in [0.2, 0.25) is 18.3 Å². The second kappa shape index (κ2) is 9.46. The third kappa shape index (κ3) is 4.39. The Bertz CT molecular complexity index is 1050. The summed E-state index contributed by atoms with van der Waals surface area (Å²) < 4.78 is 27.0. The van der Waals surface area contributed by atoms with Gasteiger partial charge in [0, 0.05) is 18.4 Å². The molecule has 168 valence electrons. The molecule has 0 fully saturated rings. The van der Waals surface area contributed by atoms with Crippen molar-refractivity contribution in [2.24, 2.45) is 10.3 Å². The van der Waals surface area contributed by atoms with Crippen molar-refractivity contribution in [2.45, 2.75) is 18.9 Å². The average molecular weight is 441 g/mol. The van der Waals surface area contributed by atoms with Gasteiger partial charge in [-0.1, -0.05) is 5.16 Å². The van der Waals surface area contributed by atoms with Crippen LogP contribution >= 0.6 is 0 Å². The normalized spacial score (nSPS) is 16.5. The van der Waals surface area contributed by atoms with Crippen molar-refractivity contribution in [1.29, 1.82) is 0 Å². The van der Waals surface area contributed by atoms with Crippen LogP contribution < -0.4 is 29.1 Å². The number of methoxy groups -OCH3 is 3. The quantitative estimate of drug-likeness (QED) is 0.494. The van der Waals surface area contributed by atoms with Crippen LogP contribution in [0.1, 0.15) is 17.5 Å². The molecule has 0 bridgehead atoms. The maximum absolute atomic E-state index is 12.4. The molecule has 1 atom stereocenters. The van der Waals surface area contributed by atoms with Gasteiger partial charge in [0.05, 0.1) is 27.5 Å². The monoisotopic (exact) mass is 441 g/mol. The lowest BCUT2D eigenvalue weighted by atomic mass is 10.0. The minimum Gasteiger partial charge on any atom is -0.497 e. The van der Waals surface area contributed by atoms with E-state index in [1.165, 1.54) is 6.21 Å². The minimum atomic E-state index is -0.424. The second-order valence-corrected chi connectivity index (χ2v) is 6.98. The van der Waals surface area contributed by atoms with E-state index in [9.17, 15) is 4.79 Å². The Morgan fingerprint density at radius 2 is 1.94 bits per heavy atom. The molecule has 4 rings (SSSR count). The van der Waals surface area contributed by atoms with Crippen LogP contribution in [0.4, 0.5) is 0 Å². The molecule has 0 aromatic heterocycles. The van der Waals surface area contributed by atoms with Gasteiger partial charge in [0.1, 0.15) is 17.6 Å². The lowest BCUT2D eigenvalue weighted by Crippen LogP contribution is -2.27. The molecule has 1 amide bonds. The molecule has 1 unspecified atom stereocenters. The molecule has 2 heterocycles. The third-order valence-corrected chi connectivity index (χ3v) is 5.00. The molecule has 0 saturated heterocycles. The van der Waals surface area contributed by atoms with Gasteiger partial charge in [-0.05, 0) is 35.9 Å². The SMILES string of the molecule is COc1ccc(C=NNC(=O)C2=NOC(Cc3cc(OC)c4c(c3OC)OCO4)C2)cc1. The van der Waals surface area contributed by atoms with E-state index in [4.69, 9.17) is 28.5 Å². The Hall–Kier alpha value is -3.95. The number of hydrogen-bond acceptors (Lipinski definition) is 9. The Kier molecular flexibility index (Phi) is 6.29. The van der Waals surface area contributed by atoms with E-state index in [1.807, 2.05) is 30.3 Å². The molecule has 10 nitrogen and oxygen atoms in total. The smallest absolute Gasteiger partial charge is 0.289 e. The van der Waals surface area contributed by atoms with Gasteiger partial charge in [-0.25, -0.2) is 5.43 Å². The van der Waals surface area contributed by atoms with Crippen molar-refractivity contribution in [2.75, 3.05) is 28.1 Å². The number of carbonyl (C=O) groups is 1. The van der Waals surface area contributed by atoms with E-state index in [-0.39, 0.29) is 18.6 Å². The minimum absolute atomic E-state index is 0.0932. The summed E-state index contributed by atoms with van der Waals surface area (Å²) in [7, 11) is 4.71. The standard InChI is InChI=1S/C22H23N3O7/c1-27-15-6-4-13(5-7-15)11-23-24-22(26)17-10-16(32-25-17)8-14-9-18(28-2)20-21(19(14)29-3)31-12-30-20/h4-7,9,11,16H,8,10,12H2,1-3H3,(H,24,26). The van der Waals surface area contributed by atoms with Crippen LogP contribution in [0.15, 0.2) is 40.6 Å². The number of oxime groups is 1. The molecule has 10 heteroatoms. The summed E-state index contributed by atoms with van der Waals surface area (Å²) in [4.78, 5) is 17.8. The third-order valence-electron chi connectivity index (χ3n) is 5.00. The van der Waals surface area contributed by atoms with Crippen LogP contribution in [-0.2, 0) is 16.1 Å². The maximum Gasteiger partial charge on any atom is 0.289 e. The van der Waals surface area contributed by atoms with E-state index < -0.39 is 5.91 Å². The van der Waals surface area contributed by atoms with E-state index >= 15 is 0 Å². The summed E-state index contributed by atoms with van der Waals surface area (Å²) in [5.41, 5.74) is 4.34. The van der Waals surface area contributed by atoms with Gasteiger partial charge in [-0.3, -0.25) is 4.79 Å². The summed E-state index contributed by atoms with van der Waals surface area (Å²) in [5, 5.41) is 7.89. The van der Waals surface area contributed by atoms with Gasteiger partial charge in [0.25, 0.3) is 5.91 Å². The van der Waals surface area contributed by atoms with Crippen molar-refractivity contribution in [3.05, 3.63) is 41.5 Å². The highest BCUT2D eigenvalue weighted by Gasteiger charge is 2.31. The zero-order valence-electron chi connectivity index (χ0n) is 17.9. The fourth-order valence-electron chi connectivity index (χ4n) is 3.43. The molecule has 0 saturated carbocycles. The molecule has 32 heavy (non-hydrogen) atoms. The number of fused-ring (bicyclic) bond motifs is 1. The Morgan fingerprint density at radius 1 is 1.16 bits per heavy atom. The number of carbonyl (C=O) groups excluding carboxylic acids is 1. The van der Waals surface area contributed by atoms with Crippen LogP contribution in [0.3, 0.4) is 0 Å². The molecule has 2 aromatic rings. The van der Waals surface area contributed by atoms with Crippen LogP contribution in [0.2, 0.25) is 0 Å². The van der Waals surface area contributed by atoms with Crippen molar-refractivity contribution in [3.63, 3.8) is 0 Å². The molecular formula is C22H23N3O7. The molecule has 2 aromatic carbocycles. The van der Waals surface area contributed by atoms with Gasteiger partial charge in [-0.15, -0.1) is 0 Å². The number of amides is 1. The van der Waals surface area contributed by atoms with Gasteiger partial charge >= 0.3 is 0 Å². The fraction of sp³-hybridized carbons (Fsp3) is 0.318. The first-order chi connectivity index (χ1) is 15.6. The summed E-state index contributed by atoms with van der Waals surface area (Å²) >= 11 is 0. The topological polar surface area (TPSA) is 109 Å². The number of rotatable bonds is 8. The zero-order chi connectivity index (χ0) is 22.5. The molecule has 0 radical (unpaired) electrons. The van der Waals surface area contributed by atoms with Gasteiger partial charge in [0.15, 0.2) is 11.5 Å². The maximum atomic E-state index is 12.4. The predicted octanol–water partition coefficient (Wildman–Crippen LogP) is 2.28. The first kappa shape index (κ1) is 21.3. The number of hydrazone groups is 1. The van der Waals surface area contributed by atoms with Crippen LogP contribution in [0, 0.1) is 0 Å². The summed E-state index contributed by atoms with van der Waals surface area (Å²) in [5.74, 6) is 2.40. The van der Waals surface area contributed by atoms with E-state index in [2.05, 4.69) is 15.7 Å². The van der Waals surface area contributed by atoms with Crippen LogP contribution in [0.5, 0.6) is 28.7 Å². The Balaban J connectivity index is 1.36.